The lowest BCUT2D eigenvalue weighted by molar-refractivity contribution is -0.138. The van der Waals surface area contributed by atoms with E-state index >= 15 is 0 Å². The summed E-state index contributed by atoms with van der Waals surface area (Å²) in [5, 5.41) is 23.5. The van der Waals surface area contributed by atoms with Crippen molar-refractivity contribution in [3.63, 3.8) is 0 Å². The average molecular weight is 519 g/mol. The number of rotatable bonds is 13. The first-order chi connectivity index (χ1) is 17.8. The van der Waals surface area contributed by atoms with Crippen molar-refractivity contribution < 1.29 is 38.8 Å². The Kier molecular flexibility index (Phi) is 10.1. The van der Waals surface area contributed by atoms with Crippen LogP contribution in [0.5, 0.6) is 11.5 Å². The second-order valence-corrected chi connectivity index (χ2v) is 9.64. The highest BCUT2D eigenvalue weighted by atomic mass is 16.5. The van der Waals surface area contributed by atoms with Crippen molar-refractivity contribution in [2.45, 2.75) is 57.8 Å². The van der Waals surface area contributed by atoms with Gasteiger partial charge in [-0.3, -0.25) is 14.4 Å². The summed E-state index contributed by atoms with van der Waals surface area (Å²) in [6.07, 6.45) is 1.10. The minimum atomic E-state index is -1.15. The topological polar surface area (TPSA) is 135 Å². The summed E-state index contributed by atoms with van der Waals surface area (Å²) < 4.78 is 17.1. The number of aldehydes is 1. The Labute approximate surface area is 217 Å². The molecule has 2 amide bonds. The number of aliphatic hydroxyl groups is 2. The third-order valence-corrected chi connectivity index (χ3v) is 6.57. The molecule has 4 atom stereocenters. The molecule has 0 saturated heterocycles. The molecule has 1 aromatic rings. The zero-order valence-electron chi connectivity index (χ0n) is 21.9. The molecule has 10 nitrogen and oxygen atoms in total. The number of carbonyl (C=O) groups is 3. The van der Waals surface area contributed by atoms with E-state index in [9.17, 15) is 24.6 Å². The lowest BCUT2D eigenvalue weighted by Crippen LogP contribution is -2.56. The third-order valence-electron chi connectivity index (χ3n) is 6.57. The number of benzene rings is 1. The van der Waals surface area contributed by atoms with Gasteiger partial charge in [0, 0.05) is 49.4 Å². The van der Waals surface area contributed by atoms with Crippen LogP contribution in [0.3, 0.4) is 0 Å². The van der Waals surface area contributed by atoms with E-state index in [-0.39, 0.29) is 31.4 Å². The highest BCUT2D eigenvalue weighted by molar-refractivity contribution is 5.96. The van der Waals surface area contributed by atoms with Crippen LogP contribution in [0.15, 0.2) is 23.8 Å². The molecule has 0 aromatic heterocycles. The molecule has 3 N–H and O–H groups in total. The Morgan fingerprint density at radius 3 is 2.68 bits per heavy atom. The molecule has 0 spiro atoms. The van der Waals surface area contributed by atoms with E-state index in [0.717, 1.165) is 0 Å². The number of aliphatic hydroxyl groups excluding tert-OH is 2. The Morgan fingerprint density at radius 1 is 1.30 bits per heavy atom. The van der Waals surface area contributed by atoms with Crippen LogP contribution in [-0.4, -0.2) is 91.5 Å². The van der Waals surface area contributed by atoms with Crippen LogP contribution < -0.4 is 14.8 Å². The number of nitrogens with zero attached hydrogens (tertiary/aromatic N) is 1. The summed E-state index contributed by atoms with van der Waals surface area (Å²) in [5.74, 6) is -0.517. The molecule has 10 heteroatoms. The first-order valence-corrected chi connectivity index (χ1v) is 12.8. The maximum absolute atomic E-state index is 13.3. The average Bonchev–Trinajstić information content (AvgIpc) is 3.27. The normalized spacial score (nSPS) is 22.0. The number of hydrogen-bond acceptors (Lipinski definition) is 8. The predicted octanol–water partition coefficient (Wildman–Crippen LogP) is 1.43. The van der Waals surface area contributed by atoms with Gasteiger partial charge in [0.15, 0.2) is 11.5 Å². The minimum absolute atomic E-state index is 0.0382. The highest BCUT2D eigenvalue weighted by Crippen LogP contribution is 2.51. The maximum atomic E-state index is 13.3. The van der Waals surface area contributed by atoms with E-state index in [1.54, 1.807) is 17.0 Å². The summed E-state index contributed by atoms with van der Waals surface area (Å²) in [5.41, 5.74) is 1.19. The second kappa shape index (κ2) is 13.0. The fraction of sp³-hybridized carbons (Fsp3) is 0.593. The second-order valence-electron chi connectivity index (χ2n) is 9.64. The molecule has 2 aliphatic rings. The largest absolute Gasteiger partial charge is 0.493 e. The van der Waals surface area contributed by atoms with Gasteiger partial charge in [0.25, 0.3) is 0 Å². The van der Waals surface area contributed by atoms with E-state index in [1.807, 2.05) is 20.8 Å². The molecule has 37 heavy (non-hydrogen) atoms. The van der Waals surface area contributed by atoms with Crippen LogP contribution in [0.4, 0.5) is 0 Å². The molecule has 204 valence electrons. The number of ether oxygens (including phenoxy) is 3. The molecule has 0 unspecified atom stereocenters. The number of fused-ring (bicyclic) bond motifs is 3. The van der Waals surface area contributed by atoms with Gasteiger partial charge in [0.05, 0.1) is 25.7 Å². The van der Waals surface area contributed by atoms with Crippen molar-refractivity contribution in [3.05, 3.63) is 34.9 Å². The fourth-order valence-electron chi connectivity index (χ4n) is 4.95. The lowest BCUT2D eigenvalue weighted by atomic mass is 9.77. The van der Waals surface area contributed by atoms with Crippen molar-refractivity contribution in [1.82, 2.24) is 10.2 Å². The van der Waals surface area contributed by atoms with Gasteiger partial charge in [-0.05, 0) is 37.5 Å². The number of hydrogen-bond donors (Lipinski definition) is 3. The fourth-order valence-corrected chi connectivity index (χ4v) is 4.95. The molecule has 0 radical (unpaired) electrons. The summed E-state index contributed by atoms with van der Waals surface area (Å²) in [4.78, 5) is 39.8. The van der Waals surface area contributed by atoms with E-state index < -0.39 is 30.1 Å². The standard InChI is InChI=1S/C27H38N2O8/c1-5-36-10-6-8-29(22(32)11-16(2)3)20-14-19(27(34)28-7-9-30)23-18-12-17(15-31)13-21(35-4)25(18)37-26(23)24(20)33/h12-16,20,23-24,26,30,33H,5-11H2,1-4H3,(H,28,34)/t20-,23+,24+,26+/m1/s1. The van der Waals surface area contributed by atoms with Gasteiger partial charge in [-0.1, -0.05) is 13.8 Å². The Balaban J connectivity index is 2.07. The van der Waals surface area contributed by atoms with Gasteiger partial charge in [-0.15, -0.1) is 0 Å². The molecular formula is C27H38N2O8. The van der Waals surface area contributed by atoms with E-state index in [4.69, 9.17) is 14.2 Å². The van der Waals surface area contributed by atoms with Crippen LogP contribution in [0.2, 0.25) is 0 Å². The van der Waals surface area contributed by atoms with Crippen LogP contribution in [0.25, 0.3) is 0 Å². The molecule has 3 rings (SSSR count). The predicted molar refractivity (Wildman–Crippen MR) is 136 cm³/mol. The minimum Gasteiger partial charge on any atom is -0.493 e. The lowest BCUT2D eigenvalue weighted by Gasteiger charge is -2.41. The van der Waals surface area contributed by atoms with Crippen LogP contribution in [0.1, 0.15) is 55.5 Å². The van der Waals surface area contributed by atoms with Crippen LogP contribution >= 0.6 is 0 Å². The molecule has 0 saturated carbocycles. The third kappa shape index (κ3) is 6.31. The Hall–Kier alpha value is -2.95. The van der Waals surface area contributed by atoms with Gasteiger partial charge >= 0.3 is 0 Å². The summed E-state index contributed by atoms with van der Waals surface area (Å²) in [7, 11) is 1.45. The van der Waals surface area contributed by atoms with Crippen molar-refractivity contribution in [1.29, 1.82) is 0 Å². The molecule has 1 heterocycles. The quantitative estimate of drug-likeness (QED) is 0.264. The van der Waals surface area contributed by atoms with Gasteiger partial charge in [-0.2, -0.15) is 0 Å². The number of carbonyl (C=O) groups excluding carboxylic acids is 3. The van der Waals surface area contributed by atoms with Crippen molar-refractivity contribution >= 4 is 18.1 Å². The molecule has 0 bridgehead atoms. The van der Waals surface area contributed by atoms with Crippen molar-refractivity contribution in [3.8, 4) is 11.5 Å². The zero-order valence-corrected chi connectivity index (χ0v) is 21.9. The smallest absolute Gasteiger partial charge is 0.247 e. The van der Waals surface area contributed by atoms with Crippen molar-refractivity contribution in [2.75, 3.05) is 40.0 Å². The van der Waals surface area contributed by atoms with Crippen LogP contribution in [0, 0.1) is 5.92 Å². The van der Waals surface area contributed by atoms with Gasteiger partial charge in [0.1, 0.15) is 18.5 Å². The monoisotopic (exact) mass is 518 g/mol. The molecular weight excluding hydrogens is 480 g/mol. The summed E-state index contributed by atoms with van der Waals surface area (Å²) in [6.45, 7) is 6.92. The first kappa shape index (κ1) is 28.6. The number of methoxy groups -OCH3 is 1. The van der Waals surface area contributed by atoms with Crippen molar-refractivity contribution in [2.24, 2.45) is 5.92 Å². The molecule has 1 aromatic carbocycles. The molecule has 0 fully saturated rings. The van der Waals surface area contributed by atoms with Gasteiger partial charge in [0.2, 0.25) is 11.8 Å². The van der Waals surface area contributed by atoms with Gasteiger partial charge in [-0.25, -0.2) is 0 Å². The summed E-state index contributed by atoms with van der Waals surface area (Å²) >= 11 is 0. The van der Waals surface area contributed by atoms with E-state index in [2.05, 4.69) is 5.32 Å². The maximum Gasteiger partial charge on any atom is 0.247 e. The zero-order chi connectivity index (χ0) is 27.1. The van der Waals surface area contributed by atoms with E-state index in [1.165, 1.54) is 13.2 Å². The number of amides is 2. The van der Waals surface area contributed by atoms with Crippen LogP contribution in [-0.2, 0) is 14.3 Å². The van der Waals surface area contributed by atoms with E-state index in [0.29, 0.717) is 60.7 Å². The molecule has 1 aliphatic heterocycles. The summed E-state index contributed by atoms with van der Waals surface area (Å²) in [6, 6.07) is 2.34. The number of nitrogens with one attached hydrogen (secondary N) is 1. The highest BCUT2D eigenvalue weighted by Gasteiger charge is 2.51. The Morgan fingerprint density at radius 2 is 2.05 bits per heavy atom. The Bertz CT molecular complexity index is 1010. The molecule has 1 aliphatic carbocycles. The van der Waals surface area contributed by atoms with Gasteiger partial charge < -0.3 is 34.6 Å². The first-order valence-electron chi connectivity index (χ1n) is 12.8. The SMILES string of the molecule is CCOCCCN(C(=O)CC(C)C)[C@@H]1C=C(C(=O)NCCO)[C@@H]2c3cc(C=O)cc(OC)c3O[C@@H]2[C@H]1O.